The van der Waals surface area contributed by atoms with Crippen LogP contribution in [-0.2, 0) is 10.2 Å². The molecule has 0 fully saturated rings. The number of carbonyl (C=O) groups excluding carboxylic acids is 2. The number of rotatable bonds is 4. The van der Waals surface area contributed by atoms with Gasteiger partial charge in [0.25, 0.3) is 0 Å². The first-order chi connectivity index (χ1) is 9.29. The predicted molar refractivity (Wildman–Crippen MR) is 80.8 cm³/mol. The Morgan fingerprint density at radius 2 is 1.55 bits per heavy atom. The van der Waals surface area contributed by atoms with E-state index in [0.717, 1.165) is 5.69 Å². The van der Waals surface area contributed by atoms with Gasteiger partial charge in [-0.1, -0.05) is 32.9 Å². The smallest absolute Gasteiger partial charge is 0.319 e. The molecule has 0 bridgehead atoms. The van der Waals surface area contributed by atoms with Crippen molar-refractivity contribution in [2.45, 2.75) is 33.1 Å². The SMILES string of the molecule is CC(=O)NCCNC(=O)Nc1ccc(C(C)(C)C)cc1. The molecule has 0 heterocycles. The molecule has 0 saturated carbocycles. The highest BCUT2D eigenvalue weighted by Crippen LogP contribution is 2.23. The van der Waals surface area contributed by atoms with E-state index in [1.54, 1.807) is 0 Å². The molecule has 0 aliphatic heterocycles. The molecule has 0 spiro atoms. The standard InChI is InChI=1S/C15H23N3O2/c1-11(19)16-9-10-17-14(20)18-13-7-5-12(6-8-13)15(2,3)4/h5-8H,9-10H2,1-4H3,(H,16,19)(H2,17,18,20). The van der Waals surface area contributed by atoms with E-state index < -0.39 is 0 Å². The van der Waals surface area contributed by atoms with Crippen molar-refractivity contribution in [3.8, 4) is 0 Å². The zero-order valence-electron chi connectivity index (χ0n) is 12.5. The zero-order valence-corrected chi connectivity index (χ0v) is 12.5. The van der Waals surface area contributed by atoms with E-state index in [1.807, 2.05) is 24.3 Å². The summed E-state index contributed by atoms with van der Waals surface area (Å²) in [5.74, 6) is -0.107. The summed E-state index contributed by atoms with van der Waals surface area (Å²) in [5.41, 5.74) is 2.06. The van der Waals surface area contributed by atoms with Gasteiger partial charge in [-0.15, -0.1) is 0 Å². The minimum atomic E-state index is -0.279. The van der Waals surface area contributed by atoms with Crippen LogP contribution < -0.4 is 16.0 Å². The second kappa shape index (κ2) is 6.93. The molecular weight excluding hydrogens is 254 g/mol. The molecule has 3 N–H and O–H groups in total. The Balaban J connectivity index is 2.41. The summed E-state index contributed by atoms with van der Waals surface area (Å²) in [6.07, 6.45) is 0. The van der Waals surface area contributed by atoms with Crippen molar-refractivity contribution in [2.75, 3.05) is 18.4 Å². The van der Waals surface area contributed by atoms with Gasteiger partial charge in [-0.2, -0.15) is 0 Å². The van der Waals surface area contributed by atoms with Crippen LogP contribution in [-0.4, -0.2) is 25.0 Å². The van der Waals surface area contributed by atoms with Gasteiger partial charge in [0.05, 0.1) is 0 Å². The summed E-state index contributed by atoms with van der Waals surface area (Å²) < 4.78 is 0. The average Bonchev–Trinajstić information content (AvgIpc) is 2.34. The van der Waals surface area contributed by atoms with Gasteiger partial charge in [0.15, 0.2) is 0 Å². The van der Waals surface area contributed by atoms with Crippen molar-refractivity contribution in [2.24, 2.45) is 0 Å². The summed E-state index contributed by atoms with van der Waals surface area (Å²) in [4.78, 5) is 22.3. The molecule has 0 radical (unpaired) electrons. The molecule has 1 rings (SSSR count). The van der Waals surface area contributed by atoms with Crippen LogP contribution in [0.5, 0.6) is 0 Å². The van der Waals surface area contributed by atoms with Gasteiger partial charge in [-0.3, -0.25) is 4.79 Å². The van der Waals surface area contributed by atoms with Gasteiger partial charge >= 0.3 is 6.03 Å². The second-order valence-electron chi connectivity index (χ2n) is 5.69. The normalized spacial score (nSPS) is 10.8. The molecule has 1 aromatic carbocycles. The fraction of sp³-hybridized carbons (Fsp3) is 0.467. The number of hydrogen-bond acceptors (Lipinski definition) is 2. The van der Waals surface area contributed by atoms with Crippen LogP contribution in [0.3, 0.4) is 0 Å². The van der Waals surface area contributed by atoms with Crippen LogP contribution in [0, 0.1) is 0 Å². The van der Waals surface area contributed by atoms with E-state index in [2.05, 4.69) is 36.7 Å². The molecule has 3 amide bonds. The maximum absolute atomic E-state index is 11.6. The number of anilines is 1. The number of urea groups is 1. The van der Waals surface area contributed by atoms with E-state index in [9.17, 15) is 9.59 Å². The molecule has 0 saturated heterocycles. The Labute approximate surface area is 120 Å². The number of benzene rings is 1. The molecule has 110 valence electrons. The fourth-order valence-electron chi connectivity index (χ4n) is 1.64. The highest BCUT2D eigenvalue weighted by atomic mass is 16.2. The van der Waals surface area contributed by atoms with Crippen molar-refractivity contribution in [1.29, 1.82) is 0 Å². The lowest BCUT2D eigenvalue weighted by molar-refractivity contribution is -0.118. The molecular formula is C15H23N3O2. The third-order valence-electron chi connectivity index (χ3n) is 2.79. The van der Waals surface area contributed by atoms with Crippen LogP contribution in [0.25, 0.3) is 0 Å². The third-order valence-corrected chi connectivity index (χ3v) is 2.79. The Morgan fingerprint density at radius 1 is 1.00 bits per heavy atom. The number of carbonyl (C=O) groups is 2. The van der Waals surface area contributed by atoms with Crippen LogP contribution >= 0.6 is 0 Å². The minimum Gasteiger partial charge on any atom is -0.355 e. The Kier molecular flexibility index (Phi) is 5.55. The Bertz CT molecular complexity index is 461. The van der Waals surface area contributed by atoms with E-state index in [0.29, 0.717) is 13.1 Å². The van der Waals surface area contributed by atoms with E-state index >= 15 is 0 Å². The average molecular weight is 277 g/mol. The molecule has 1 aromatic rings. The lowest BCUT2D eigenvalue weighted by atomic mass is 9.87. The summed E-state index contributed by atoms with van der Waals surface area (Å²) in [7, 11) is 0. The van der Waals surface area contributed by atoms with Crippen LogP contribution in [0.15, 0.2) is 24.3 Å². The summed E-state index contributed by atoms with van der Waals surface area (Å²) in [6.45, 7) is 8.69. The van der Waals surface area contributed by atoms with Gasteiger partial charge in [-0.05, 0) is 23.1 Å². The van der Waals surface area contributed by atoms with Gasteiger partial charge in [-0.25, -0.2) is 4.79 Å². The topological polar surface area (TPSA) is 70.2 Å². The van der Waals surface area contributed by atoms with Gasteiger partial charge in [0.2, 0.25) is 5.91 Å². The maximum Gasteiger partial charge on any atom is 0.319 e. The monoisotopic (exact) mass is 277 g/mol. The van der Waals surface area contributed by atoms with Gasteiger partial charge in [0, 0.05) is 25.7 Å². The first-order valence-corrected chi connectivity index (χ1v) is 6.69. The van der Waals surface area contributed by atoms with Crippen LogP contribution in [0.2, 0.25) is 0 Å². The quantitative estimate of drug-likeness (QED) is 0.739. The summed E-state index contributed by atoms with van der Waals surface area (Å²) in [6, 6.07) is 7.50. The molecule has 5 nitrogen and oxygen atoms in total. The molecule has 0 atom stereocenters. The Hall–Kier alpha value is -2.04. The highest BCUT2D eigenvalue weighted by molar-refractivity contribution is 5.89. The van der Waals surface area contributed by atoms with E-state index in [1.165, 1.54) is 12.5 Å². The van der Waals surface area contributed by atoms with Crippen LogP contribution in [0.4, 0.5) is 10.5 Å². The third kappa shape index (κ3) is 5.73. The molecule has 0 aliphatic carbocycles. The summed E-state index contributed by atoms with van der Waals surface area (Å²) in [5, 5.41) is 8.02. The Morgan fingerprint density at radius 3 is 2.05 bits per heavy atom. The second-order valence-corrected chi connectivity index (χ2v) is 5.69. The van der Waals surface area contributed by atoms with E-state index in [4.69, 9.17) is 0 Å². The van der Waals surface area contributed by atoms with Crippen molar-refractivity contribution in [3.63, 3.8) is 0 Å². The number of amides is 3. The van der Waals surface area contributed by atoms with Crippen molar-refractivity contribution >= 4 is 17.6 Å². The number of hydrogen-bond donors (Lipinski definition) is 3. The van der Waals surface area contributed by atoms with Crippen molar-refractivity contribution in [1.82, 2.24) is 10.6 Å². The van der Waals surface area contributed by atoms with Gasteiger partial charge in [0.1, 0.15) is 0 Å². The van der Waals surface area contributed by atoms with Crippen molar-refractivity contribution in [3.05, 3.63) is 29.8 Å². The first kappa shape index (κ1) is 16.0. The predicted octanol–water partition coefficient (Wildman–Crippen LogP) is 2.24. The molecule has 0 unspecified atom stereocenters. The largest absolute Gasteiger partial charge is 0.355 e. The molecule has 0 aromatic heterocycles. The summed E-state index contributed by atoms with van der Waals surface area (Å²) >= 11 is 0. The van der Waals surface area contributed by atoms with Crippen LogP contribution in [0.1, 0.15) is 33.3 Å². The first-order valence-electron chi connectivity index (χ1n) is 6.69. The minimum absolute atomic E-state index is 0.0964. The fourth-order valence-corrected chi connectivity index (χ4v) is 1.64. The molecule has 0 aliphatic rings. The highest BCUT2D eigenvalue weighted by Gasteiger charge is 2.13. The molecule has 5 heteroatoms. The maximum atomic E-state index is 11.6. The molecule has 20 heavy (non-hydrogen) atoms. The lowest BCUT2D eigenvalue weighted by Crippen LogP contribution is -2.36. The lowest BCUT2D eigenvalue weighted by Gasteiger charge is -2.19. The van der Waals surface area contributed by atoms with Crippen molar-refractivity contribution < 1.29 is 9.59 Å². The van der Waals surface area contributed by atoms with E-state index in [-0.39, 0.29) is 17.4 Å². The zero-order chi connectivity index (χ0) is 15.2. The number of nitrogens with one attached hydrogen (secondary N) is 3. The van der Waals surface area contributed by atoms with Gasteiger partial charge < -0.3 is 16.0 Å².